The summed E-state index contributed by atoms with van der Waals surface area (Å²) in [6, 6.07) is 3.45. The first-order valence-corrected chi connectivity index (χ1v) is 5.90. The molecule has 8 heteroatoms. The summed E-state index contributed by atoms with van der Waals surface area (Å²) in [6.07, 6.45) is 2.81. The normalized spacial score (nSPS) is 10.2. The molecule has 2 aromatic heterocycles. The van der Waals surface area contributed by atoms with Gasteiger partial charge in [-0.05, 0) is 19.1 Å². The maximum absolute atomic E-state index is 11.8. The van der Waals surface area contributed by atoms with E-state index in [0.717, 1.165) is 5.69 Å². The number of nitrogens with zero attached hydrogens (tertiary/aromatic N) is 4. The Morgan fingerprint density at radius 3 is 2.80 bits per heavy atom. The van der Waals surface area contributed by atoms with E-state index >= 15 is 0 Å². The Morgan fingerprint density at radius 2 is 2.20 bits per heavy atom. The number of hydrogen-bond acceptors (Lipinski definition) is 5. The van der Waals surface area contributed by atoms with Crippen LogP contribution in [-0.2, 0) is 6.54 Å². The van der Waals surface area contributed by atoms with Crippen molar-refractivity contribution >= 4 is 11.9 Å². The van der Waals surface area contributed by atoms with E-state index in [9.17, 15) is 9.59 Å². The zero-order chi connectivity index (χ0) is 14.5. The van der Waals surface area contributed by atoms with Crippen LogP contribution in [0.25, 0.3) is 0 Å². The summed E-state index contributed by atoms with van der Waals surface area (Å²) in [4.78, 5) is 26.4. The molecule has 0 fully saturated rings. The van der Waals surface area contributed by atoms with Crippen molar-refractivity contribution in [3.63, 3.8) is 0 Å². The highest BCUT2D eigenvalue weighted by atomic mass is 16.4. The molecule has 0 unspecified atom stereocenters. The number of carboxylic acids is 1. The van der Waals surface area contributed by atoms with Crippen LogP contribution in [0.2, 0.25) is 0 Å². The maximum atomic E-state index is 11.8. The largest absolute Gasteiger partial charge is 0.476 e. The second kappa shape index (κ2) is 5.91. The first kappa shape index (κ1) is 13.7. The molecule has 0 saturated heterocycles. The molecule has 0 spiro atoms. The molecule has 0 aliphatic heterocycles. The number of pyridine rings is 1. The Bertz CT molecular complexity index is 620. The molecule has 0 aromatic carbocycles. The van der Waals surface area contributed by atoms with Gasteiger partial charge in [0.2, 0.25) is 0 Å². The summed E-state index contributed by atoms with van der Waals surface area (Å²) in [7, 11) is 0. The van der Waals surface area contributed by atoms with Crippen molar-refractivity contribution in [2.45, 2.75) is 13.5 Å². The van der Waals surface area contributed by atoms with Gasteiger partial charge in [0, 0.05) is 18.4 Å². The number of aromatic carboxylic acids is 1. The molecule has 8 nitrogen and oxygen atoms in total. The second-order valence-corrected chi connectivity index (χ2v) is 4.12. The maximum Gasteiger partial charge on any atom is 0.358 e. The second-order valence-electron chi connectivity index (χ2n) is 4.12. The molecule has 0 aliphatic rings. The zero-order valence-corrected chi connectivity index (χ0v) is 10.8. The van der Waals surface area contributed by atoms with Crippen molar-refractivity contribution in [1.82, 2.24) is 25.3 Å². The van der Waals surface area contributed by atoms with E-state index in [1.165, 1.54) is 17.1 Å². The van der Waals surface area contributed by atoms with E-state index in [0.29, 0.717) is 18.7 Å². The first-order chi connectivity index (χ1) is 9.56. The van der Waals surface area contributed by atoms with E-state index in [2.05, 4.69) is 20.6 Å². The average molecular weight is 275 g/mol. The summed E-state index contributed by atoms with van der Waals surface area (Å²) in [5.74, 6) is -1.37. The predicted molar refractivity (Wildman–Crippen MR) is 68.3 cm³/mol. The third-order valence-electron chi connectivity index (χ3n) is 2.56. The fourth-order valence-corrected chi connectivity index (χ4v) is 1.49. The Labute approximate surface area is 114 Å². The molecule has 0 saturated carbocycles. The Hall–Kier alpha value is -2.77. The lowest BCUT2D eigenvalue weighted by atomic mass is 10.2. The van der Waals surface area contributed by atoms with Gasteiger partial charge >= 0.3 is 5.97 Å². The number of hydrogen-bond donors (Lipinski definition) is 2. The molecule has 2 rings (SSSR count). The van der Waals surface area contributed by atoms with Gasteiger partial charge in [-0.3, -0.25) is 9.78 Å². The minimum Gasteiger partial charge on any atom is -0.476 e. The van der Waals surface area contributed by atoms with Crippen molar-refractivity contribution in [2.75, 3.05) is 6.54 Å². The summed E-state index contributed by atoms with van der Waals surface area (Å²) < 4.78 is 1.36. The van der Waals surface area contributed by atoms with E-state index in [-0.39, 0.29) is 11.6 Å². The van der Waals surface area contributed by atoms with Gasteiger partial charge in [0.1, 0.15) is 0 Å². The van der Waals surface area contributed by atoms with Crippen LogP contribution < -0.4 is 5.32 Å². The van der Waals surface area contributed by atoms with E-state index in [1.54, 1.807) is 12.1 Å². The topological polar surface area (TPSA) is 110 Å². The fourth-order valence-electron chi connectivity index (χ4n) is 1.49. The number of nitrogens with one attached hydrogen (secondary N) is 1. The monoisotopic (exact) mass is 275 g/mol. The van der Waals surface area contributed by atoms with Gasteiger partial charge in [-0.15, -0.1) is 5.10 Å². The molecule has 0 bridgehead atoms. The van der Waals surface area contributed by atoms with Crippen LogP contribution in [0, 0.1) is 6.92 Å². The molecule has 2 heterocycles. The number of carbonyl (C=O) groups excluding carboxylic acids is 1. The third-order valence-corrected chi connectivity index (χ3v) is 2.56. The standard InChI is InChI=1S/C12H13N5O3/c1-8-2-3-9(6-14-8)11(18)13-4-5-17-7-10(12(19)20)15-16-17/h2-3,6-7H,4-5H2,1H3,(H,13,18)(H,19,20). The highest BCUT2D eigenvalue weighted by Crippen LogP contribution is 1.99. The van der Waals surface area contributed by atoms with Crippen LogP contribution in [-0.4, -0.2) is 43.5 Å². The lowest BCUT2D eigenvalue weighted by Gasteiger charge is -2.04. The number of rotatable bonds is 5. The summed E-state index contributed by atoms with van der Waals surface area (Å²) in [5, 5.41) is 18.5. The molecule has 2 aromatic rings. The lowest BCUT2D eigenvalue weighted by Crippen LogP contribution is -2.27. The summed E-state index contributed by atoms with van der Waals surface area (Å²) in [6.45, 7) is 2.49. The van der Waals surface area contributed by atoms with Crippen molar-refractivity contribution in [3.05, 3.63) is 41.5 Å². The number of carboxylic acid groups (broad SMARTS) is 1. The molecule has 1 amide bonds. The van der Waals surface area contributed by atoms with Crippen LogP contribution in [0.4, 0.5) is 0 Å². The van der Waals surface area contributed by atoms with Crippen LogP contribution in [0.5, 0.6) is 0 Å². The van der Waals surface area contributed by atoms with Gasteiger partial charge in [0.05, 0.1) is 18.3 Å². The SMILES string of the molecule is Cc1ccc(C(=O)NCCn2cc(C(=O)O)nn2)cn1. The van der Waals surface area contributed by atoms with Crippen molar-refractivity contribution < 1.29 is 14.7 Å². The highest BCUT2D eigenvalue weighted by molar-refractivity contribution is 5.93. The fraction of sp³-hybridized carbons (Fsp3) is 0.250. The van der Waals surface area contributed by atoms with Gasteiger partial charge < -0.3 is 10.4 Å². The van der Waals surface area contributed by atoms with E-state index < -0.39 is 5.97 Å². The number of carbonyl (C=O) groups is 2. The van der Waals surface area contributed by atoms with Gasteiger partial charge in [-0.25, -0.2) is 9.48 Å². The van der Waals surface area contributed by atoms with Gasteiger partial charge in [-0.1, -0.05) is 5.21 Å². The van der Waals surface area contributed by atoms with Crippen LogP contribution in [0.15, 0.2) is 24.5 Å². The minimum atomic E-state index is -1.13. The zero-order valence-electron chi connectivity index (χ0n) is 10.8. The third kappa shape index (κ3) is 3.37. The van der Waals surface area contributed by atoms with Crippen LogP contribution in [0.1, 0.15) is 26.5 Å². The van der Waals surface area contributed by atoms with Gasteiger partial charge in [0.25, 0.3) is 5.91 Å². The minimum absolute atomic E-state index is 0.126. The first-order valence-electron chi connectivity index (χ1n) is 5.90. The molecule has 0 atom stereocenters. The highest BCUT2D eigenvalue weighted by Gasteiger charge is 2.08. The summed E-state index contributed by atoms with van der Waals surface area (Å²) >= 11 is 0. The molecule has 0 radical (unpaired) electrons. The van der Waals surface area contributed by atoms with Gasteiger partial charge in [-0.2, -0.15) is 0 Å². The molecular formula is C12H13N5O3. The Kier molecular flexibility index (Phi) is 4.04. The average Bonchev–Trinajstić information content (AvgIpc) is 2.88. The van der Waals surface area contributed by atoms with Crippen LogP contribution >= 0.6 is 0 Å². The number of amides is 1. The molecular weight excluding hydrogens is 262 g/mol. The Morgan fingerprint density at radius 1 is 1.40 bits per heavy atom. The quantitative estimate of drug-likeness (QED) is 0.801. The van der Waals surface area contributed by atoms with Crippen LogP contribution in [0.3, 0.4) is 0 Å². The van der Waals surface area contributed by atoms with E-state index in [4.69, 9.17) is 5.11 Å². The van der Waals surface area contributed by atoms with Crippen molar-refractivity contribution in [2.24, 2.45) is 0 Å². The van der Waals surface area contributed by atoms with Gasteiger partial charge in [0.15, 0.2) is 5.69 Å². The number of aromatic nitrogens is 4. The predicted octanol–water partition coefficient (Wildman–Crippen LogP) is 0.110. The van der Waals surface area contributed by atoms with Crippen molar-refractivity contribution in [1.29, 1.82) is 0 Å². The molecule has 2 N–H and O–H groups in total. The van der Waals surface area contributed by atoms with E-state index in [1.807, 2.05) is 6.92 Å². The lowest BCUT2D eigenvalue weighted by molar-refractivity contribution is 0.0690. The molecule has 0 aliphatic carbocycles. The Balaban J connectivity index is 1.84. The molecule has 104 valence electrons. The number of aryl methyl sites for hydroxylation is 1. The smallest absolute Gasteiger partial charge is 0.358 e. The van der Waals surface area contributed by atoms with Crippen molar-refractivity contribution in [3.8, 4) is 0 Å². The summed E-state index contributed by atoms with van der Waals surface area (Å²) in [5.41, 5.74) is 1.19. The molecule has 20 heavy (non-hydrogen) atoms.